The van der Waals surface area contributed by atoms with Gasteiger partial charge in [0.1, 0.15) is 0 Å². The van der Waals surface area contributed by atoms with E-state index in [1.54, 1.807) is 0 Å². The van der Waals surface area contributed by atoms with E-state index in [1.165, 1.54) is 10.8 Å². The molecule has 0 saturated carbocycles. The Morgan fingerprint density at radius 3 is 2.81 bits per heavy atom. The first-order chi connectivity index (χ1) is 13.2. The van der Waals surface area contributed by atoms with Crippen molar-refractivity contribution >= 4 is 16.7 Å². The zero-order valence-electron chi connectivity index (χ0n) is 16.1. The Kier molecular flexibility index (Phi) is 5.32. The second-order valence-electron chi connectivity index (χ2n) is 7.49. The summed E-state index contributed by atoms with van der Waals surface area (Å²) in [5.74, 6) is 0.831. The van der Waals surface area contributed by atoms with Crippen molar-refractivity contribution in [3.8, 4) is 11.3 Å². The quantitative estimate of drug-likeness (QED) is 0.731. The normalized spacial score (nSPS) is 17.1. The van der Waals surface area contributed by atoms with Crippen molar-refractivity contribution in [2.24, 2.45) is 0 Å². The van der Waals surface area contributed by atoms with Crippen molar-refractivity contribution in [1.82, 2.24) is 20.2 Å². The van der Waals surface area contributed by atoms with Gasteiger partial charge in [0.25, 0.3) is 0 Å². The highest BCUT2D eigenvalue weighted by molar-refractivity contribution is 5.86. The van der Waals surface area contributed by atoms with Gasteiger partial charge in [0.15, 0.2) is 0 Å². The van der Waals surface area contributed by atoms with Crippen LogP contribution < -0.4 is 10.2 Å². The van der Waals surface area contributed by atoms with Gasteiger partial charge >= 0.3 is 0 Å². The summed E-state index contributed by atoms with van der Waals surface area (Å²) in [4.78, 5) is 13.9. The molecule has 5 nitrogen and oxygen atoms in total. The first kappa shape index (κ1) is 17.9. The number of likely N-dealkylation sites (N-methyl/N-ethyl adjacent to an activating group) is 1. The Balaban J connectivity index is 1.47. The molecule has 1 fully saturated rings. The molecule has 1 atom stereocenters. The lowest BCUT2D eigenvalue weighted by Crippen LogP contribution is -2.37. The minimum absolute atomic E-state index is 0.512. The molecule has 1 aliphatic heterocycles. The molecule has 0 amide bonds. The number of benzene rings is 2. The first-order valence-electron chi connectivity index (χ1n) is 9.64. The van der Waals surface area contributed by atoms with Gasteiger partial charge in [-0.25, -0.2) is 9.97 Å². The van der Waals surface area contributed by atoms with Gasteiger partial charge in [0.05, 0.1) is 5.69 Å². The SMILES string of the molecule is CN(C)CCNC1CCN(c2nccc(-c3ccc4ccccc4c3)n2)C1. The van der Waals surface area contributed by atoms with Gasteiger partial charge in [-0.15, -0.1) is 0 Å². The van der Waals surface area contributed by atoms with Crippen LogP contribution in [0.15, 0.2) is 54.7 Å². The number of rotatable bonds is 6. The van der Waals surface area contributed by atoms with Crippen LogP contribution in [0, 0.1) is 0 Å². The van der Waals surface area contributed by atoms with Crippen molar-refractivity contribution < 1.29 is 0 Å². The van der Waals surface area contributed by atoms with Crippen molar-refractivity contribution in [2.45, 2.75) is 12.5 Å². The molecule has 140 valence electrons. The number of anilines is 1. The Hall–Kier alpha value is -2.50. The topological polar surface area (TPSA) is 44.3 Å². The second-order valence-corrected chi connectivity index (χ2v) is 7.49. The van der Waals surface area contributed by atoms with E-state index in [-0.39, 0.29) is 0 Å². The molecule has 2 heterocycles. The van der Waals surface area contributed by atoms with Crippen LogP contribution >= 0.6 is 0 Å². The fourth-order valence-electron chi connectivity index (χ4n) is 3.61. The van der Waals surface area contributed by atoms with Gasteiger partial charge in [0.2, 0.25) is 5.95 Å². The lowest BCUT2D eigenvalue weighted by molar-refractivity contribution is 0.387. The Bertz CT molecular complexity index is 908. The van der Waals surface area contributed by atoms with E-state index in [1.807, 2.05) is 12.3 Å². The Labute approximate surface area is 161 Å². The molecule has 1 unspecified atom stereocenters. The fourth-order valence-corrected chi connectivity index (χ4v) is 3.61. The monoisotopic (exact) mass is 361 g/mol. The number of aromatic nitrogens is 2. The summed E-state index contributed by atoms with van der Waals surface area (Å²) in [7, 11) is 4.21. The summed E-state index contributed by atoms with van der Waals surface area (Å²) < 4.78 is 0. The number of nitrogens with one attached hydrogen (secondary N) is 1. The number of hydrogen-bond donors (Lipinski definition) is 1. The predicted molar refractivity (Wildman–Crippen MR) is 112 cm³/mol. The van der Waals surface area contributed by atoms with Crippen LogP contribution in [0.3, 0.4) is 0 Å². The predicted octanol–water partition coefficient (Wildman–Crippen LogP) is 3.03. The lowest BCUT2D eigenvalue weighted by atomic mass is 10.1. The van der Waals surface area contributed by atoms with Crippen LogP contribution in [0.5, 0.6) is 0 Å². The van der Waals surface area contributed by atoms with E-state index in [0.29, 0.717) is 6.04 Å². The van der Waals surface area contributed by atoms with Crippen LogP contribution in [0.1, 0.15) is 6.42 Å². The molecule has 1 N–H and O–H groups in total. The maximum Gasteiger partial charge on any atom is 0.225 e. The molecule has 4 rings (SSSR count). The van der Waals surface area contributed by atoms with Crippen LogP contribution in [0.25, 0.3) is 22.0 Å². The van der Waals surface area contributed by atoms with Crippen LogP contribution in [0.4, 0.5) is 5.95 Å². The summed E-state index contributed by atoms with van der Waals surface area (Å²) in [6.45, 7) is 4.04. The smallest absolute Gasteiger partial charge is 0.225 e. The highest BCUT2D eigenvalue weighted by atomic mass is 15.3. The van der Waals surface area contributed by atoms with Crippen molar-refractivity contribution in [3.05, 3.63) is 54.7 Å². The van der Waals surface area contributed by atoms with E-state index < -0.39 is 0 Å². The highest BCUT2D eigenvalue weighted by Gasteiger charge is 2.24. The molecule has 1 aromatic heterocycles. The maximum atomic E-state index is 4.85. The minimum atomic E-state index is 0.512. The zero-order valence-corrected chi connectivity index (χ0v) is 16.1. The summed E-state index contributed by atoms with van der Waals surface area (Å²) in [5, 5.41) is 6.13. The summed E-state index contributed by atoms with van der Waals surface area (Å²) >= 11 is 0. The van der Waals surface area contributed by atoms with Crippen molar-refractivity contribution in [3.63, 3.8) is 0 Å². The van der Waals surface area contributed by atoms with E-state index >= 15 is 0 Å². The molecule has 0 aliphatic carbocycles. The highest BCUT2D eigenvalue weighted by Crippen LogP contribution is 2.25. The van der Waals surface area contributed by atoms with Crippen molar-refractivity contribution in [1.29, 1.82) is 0 Å². The van der Waals surface area contributed by atoms with Crippen LogP contribution in [0.2, 0.25) is 0 Å². The molecule has 3 aromatic rings. The van der Waals surface area contributed by atoms with E-state index in [0.717, 1.165) is 49.8 Å². The largest absolute Gasteiger partial charge is 0.339 e. The minimum Gasteiger partial charge on any atom is -0.339 e. The van der Waals surface area contributed by atoms with E-state index in [4.69, 9.17) is 4.98 Å². The second kappa shape index (κ2) is 8.03. The lowest BCUT2D eigenvalue weighted by Gasteiger charge is -2.18. The van der Waals surface area contributed by atoms with Gasteiger partial charge in [-0.2, -0.15) is 0 Å². The summed E-state index contributed by atoms with van der Waals surface area (Å²) in [6.07, 6.45) is 3.01. The summed E-state index contributed by atoms with van der Waals surface area (Å²) in [6, 6.07) is 17.4. The third-order valence-electron chi connectivity index (χ3n) is 5.15. The van der Waals surface area contributed by atoms with E-state index in [2.05, 4.69) is 76.7 Å². The summed E-state index contributed by atoms with van der Waals surface area (Å²) in [5.41, 5.74) is 2.12. The molecule has 5 heteroatoms. The third-order valence-corrected chi connectivity index (χ3v) is 5.15. The molecule has 0 radical (unpaired) electrons. The van der Waals surface area contributed by atoms with Crippen LogP contribution in [-0.2, 0) is 0 Å². The number of hydrogen-bond acceptors (Lipinski definition) is 5. The first-order valence-corrected chi connectivity index (χ1v) is 9.64. The molecule has 1 saturated heterocycles. The number of nitrogens with zero attached hydrogens (tertiary/aromatic N) is 4. The third kappa shape index (κ3) is 4.26. The molecule has 0 spiro atoms. The Morgan fingerprint density at radius 1 is 1.11 bits per heavy atom. The van der Waals surface area contributed by atoms with Crippen molar-refractivity contribution in [2.75, 3.05) is 45.2 Å². The van der Waals surface area contributed by atoms with Gasteiger partial charge in [-0.05, 0) is 43.4 Å². The average Bonchev–Trinajstić information content (AvgIpc) is 3.16. The van der Waals surface area contributed by atoms with Gasteiger partial charge < -0.3 is 15.1 Å². The fraction of sp³-hybridized carbons (Fsp3) is 0.364. The average molecular weight is 361 g/mol. The van der Waals surface area contributed by atoms with Gasteiger partial charge in [-0.1, -0.05) is 36.4 Å². The van der Waals surface area contributed by atoms with E-state index in [9.17, 15) is 0 Å². The molecular formula is C22H27N5. The zero-order chi connectivity index (χ0) is 18.6. The molecule has 27 heavy (non-hydrogen) atoms. The van der Waals surface area contributed by atoms with Gasteiger partial charge in [-0.3, -0.25) is 0 Å². The molecular weight excluding hydrogens is 334 g/mol. The maximum absolute atomic E-state index is 4.85. The Morgan fingerprint density at radius 2 is 1.96 bits per heavy atom. The van der Waals surface area contributed by atoms with Gasteiger partial charge in [0, 0.05) is 44.0 Å². The standard InChI is InChI=1S/C22H27N5/c1-26(2)14-12-23-20-10-13-27(16-20)22-24-11-9-21(25-22)19-8-7-17-5-3-4-6-18(17)15-19/h3-9,11,15,20,23H,10,12-14,16H2,1-2H3. The molecule has 0 bridgehead atoms. The molecule has 2 aromatic carbocycles. The number of fused-ring (bicyclic) bond motifs is 1. The van der Waals surface area contributed by atoms with Crippen LogP contribution in [-0.4, -0.2) is 61.2 Å². The molecule has 1 aliphatic rings.